The number of piperidine rings is 1. The molecule has 6 nitrogen and oxygen atoms in total. The molecule has 0 bridgehead atoms. The second-order valence-corrected chi connectivity index (χ2v) is 7.70. The molecule has 0 saturated carbocycles. The molecule has 25 heavy (non-hydrogen) atoms. The number of H-pyrrole nitrogens is 1. The quantitative estimate of drug-likeness (QED) is 0.909. The largest absolute Gasteiger partial charge is 0.497 e. The summed E-state index contributed by atoms with van der Waals surface area (Å²) in [5.74, 6) is 1.41. The highest BCUT2D eigenvalue weighted by atomic mass is 16.5. The molecule has 0 unspecified atom stereocenters. The minimum Gasteiger partial charge on any atom is -0.497 e. The van der Waals surface area contributed by atoms with Gasteiger partial charge in [-0.1, -0.05) is 6.92 Å². The molecule has 0 spiro atoms. The van der Waals surface area contributed by atoms with Crippen molar-refractivity contribution in [3.8, 4) is 0 Å². The summed E-state index contributed by atoms with van der Waals surface area (Å²) in [6, 6.07) is 0. The zero-order chi connectivity index (χ0) is 17.2. The lowest BCUT2D eigenvalue weighted by atomic mass is 10.0. The molecule has 136 valence electrons. The lowest BCUT2D eigenvalue weighted by molar-refractivity contribution is 0.0731. The van der Waals surface area contributed by atoms with E-state index in [1.54, 1.807) is 0 Å². The molecule has 0 radical (unpaired) electrons. The van der Waals surface area contributed by atoms with Crippen molar-refractivity contribution < 1.29 is 4.74 Å². The summed E-state index contributed by atoms with van der Waals surface area (Å²) in [6.45, 7) is 6.80. The number of ether oxygens (including phenoxy) is 1. The zero-order valence-electron chi connectivity index (χ0n) is 15.0. The van der Waals surface area contributed by atoms with Gasteiger partial charge in [0.25, 0.3) is 5.56 Å². The predicted octanol–water partition coefficient (Wildman–Crippen LogP) is 2.06. The van der Waals surface area contributed by atoms with Gasteiger partial charge >= 0.3 is 0 Å². The maximum Gasteiger partial charge on any atom is 0.255 e. The van der Waals surface area contributed by atoms with Gasteiger partial charge in [-0.05, 0) is 44.1 Å². The average molecular weight is 344 g/mol. The smallest absolute Gasteiger partial charge is 0.255 e. The fraction of sp³-hybridized carbons (Fsp3) is 0.684. The second kappa shape index (κ2) is 7.20. The molecular formula is C19H28N4O2. The van der Waals surface area contributed by atoms with E-state index >= 15 is 0 Å². The molecule has 1 aromatic heterocycles. The molecule has 0 aromatic carbocycles. The van der Waals surface area contributed by atoms with Gasteiger partial charge in [0.2, 0.25) is 5.95 Å². The molecule has 3 aliphatic heterocycles. The van der Waals surface area contributed by atoms with E-state index in [4.69, 9.17) is 9.72 Å². The van der Waals surface area contributed by atoms with Crippen LogP contribution in [0.1, 0.15) is 43.9 Å². The van der Waals surface area contributed by atoms with Gasteiger partial charge in [-0.3, -0.25) is 14.7 Å². The van der Waals surface area contributed by atoms with E-state index in [1.807, 2.05) is 6.26 Å². The van der Waals surface area contributed by atoms with Crippen LogP contribution in [0.5, 0.6) is 0 Å². The first-order valence-corrected chi connectivity index (χ1v) is 9.59. The van der Waals surface area contributed by atoms with E-state index in [2.05, 4.69) is 27.8 Å². The number of nitrogens with one attached hydrogen (secondary N) is 1. The highest BCUT2D eigenvalue weighted by molar-refractivity contribution is 5.35. The first-order valence-electron chi connectivity index (χ1n) is 9.59. The lowest BCUT2D eigenvalue weighted by Crippen LogP contribution is -2.42. The minimum absolute atomic E-state index is 0.0507. The van der Waals surface area contributed by atoms with Crippen molar-refractivity contribution in [3.05, 3.63) is 33.9 Å². The van der Waals surface area contributed by atoms with Crippen molar-refractivity contribution in [2.75, 3.05) is 31.1 Å². The second-order valence-electron chi connectivity index (χ2n) is 7.70. The fourth-order valence-electron chi connectivity index (χ4n) is 4.18. The number of aromatic nitrogens is 2. The summed E-state index contributed by atoms with van der Waals surface area (Å²) >= 11 is 0. The first-order chi connectivity index (χ1) is 12.2. The van der Waals surface area contributed by atoms with E-state index in [1.165, 1.54) is 12.8 Å². The van der Waals surface area contributed by atoms with Gasteiger partial charge in [-0.15, -0.1) is 0 Å². The van der Waals surface area contributed by atoms with Crippen molar-refractivity contribution in [2.24, 2.45) is 5.92 Å². The maximum atomic E-state index is 12.5. The summed E-state index contributed by atoms with van der Waals surface area (Å²) in [5, 5.41) is 0. The molecule has 6 heteroatoms. The van der Waals surface area contributed by atoms with Crippen LogP contribution in [0.2, 0.25) is 0 Å². The molecule has 4 heterocycles. The van der Waals surface area contributed by atoms with Crippen LogP contribution in [0.4, 0.5) is 5.95 Å². The van der Waals surface area contributed by atoms with Crippen molar-refractivity contribution in [1.29, 1.82) is 0 Å². The summed E-state index contributed by atoms with van der Waals surface area (Å²) in [6.07, 6.45) is 9.52. The third kappa shape index (κ3) is 3.73. The predicted molar refractivity (Wildman–Crippen MR) is 97.7 cm³/mol. The highest BCUT2D eigenvalue weighted by Crippen LogP contribution is 2.22. The van der Waals surface area contributed by atoms with Gasteiger partial charge in [0.15, 0.2) is 0 Å². The molecule has 4 rings (SSSR count). The molecule has 1 fully saturated rings. The summed E-state index contributed by atoms with van der Waals surface area (Å²) in [5.41, 5.74) is 1.87. The van der Waals surface area contributed by atoms with Crippen LogP contribution >= 0.6 is 0 Å². The number of allylic oxidation sites excluding steroid dienone is 1. The molecule has 1 saturated heterocycles. The molecular weight excluding hydrogens is 316 g/mol. The van der Waals surface area contributed by atoms with Crippen molar-refractivity contribution in [3.63, 3.8) is 0 Å². The SMILES string of the molecule is C[C@@H]1CCCN(c2nc3c(c(=O)[nH]2)CCN(C[C@@H]2CCC=CO2)C3)C1. The topological polar surface area (TPSA) is 61.5 Å². The Kier molecular flexibility index (Phi) is 4.79. The Morgan fingerprint density at radius 2 is 2.28 bits per heavy atom. The van der Waals surface area contributed by atoms with Gasteiger partial charge in [0, 0.05) is 38.3 Å². The number of anilines is 1. The molecule has 3 aliphatic rings. The van der Waals surface area contributed by atoms with Crippen LogP contribution in [0.15, 0.2) is 17.1 Å². The average Bonchev–Trinajstić information content (AvgIpc) is 2.62. The number of hydrogen-bond acceptors (Lipinski definition) is 5. The van der Waals surface area contributed by atoms with Crippen LogP contribution in [0, 0.1) is 5.92 Å². The number of hydrogen-bond donors (Lipinski definition) is 1. The van der Waals surface area contributed by atoms with Crippen LogP contribution < -0.4 is 10.5 Å². The van der Waals surface area contributed by atoms with E-state index < -0.39 is 0 Å². The molecule has 1 aromatic rings. The van der Waals surface area contributed by atoms with Crippen LogP contribution in [-0.4, -0.2) is 47.2 Å². The summed E-state index contributed by atoms with van der Waals surface area (Å²) in [7, 11) is 0. The highest BCUT2D eigenvalue weighted by Gasteiger charge is 2.26. The Morgan fingerprint density at radius 3 is 3.08 bits per heavy atom. The fourth-order valence-corrected chi connectivity index (χ4v) is 4.18. The Bertz CT molecular complexity index is 699. The van der Waals surface area contributed by atoms with Crippen molar-refractivity contribution in [1.82, 2.24) is 14.9 Å². The number of fused-ring (bicyclic) bond motifs is 1. The third-order valence-electron chi connectivity index (χ3n) is 5.58. The monoisotopic (exact) mass is 344 g/mol. The number of aromatic amines is 1. The Labute approximate surface area is 148 Å². The maximum absolute atomic E-state index is 12.5. The normalized spacial score (nSPS) is 27.0. The van der Waals surface area contributed by atoms with Gasteiger partial charge in [-0.25, -0.2) is 4.98 Å². The molecule has 1 N–H and O–H groups in total. The summed E-state index contributed by atoms with van der Waals surface area (Å²) in [4.78, 5) is 25.0. The zero-order valence-corrected chi connectivity index (χ0v) is 15.0. The lowest BCUT2D eigenvalue weighted by Gasteiger charge is -2.34. The van der Waals surface area contributed by atoms with Crippen LogP contribution in [0.3, 0.4) is 0 Å². The van der Waals surface area contributed by atoms with Crippen molar-refractivity contribution in [2.45, 2.75) is 51.7 Å². The number of rotatable bonds is 3. The summed E-state index contributed by atoms with van der Waals surface area (Å²) < 4.78 is 5.70. The van der Waals surface area contributed by atoms with E-state index in [-0.39, 0.29) is 11.7 Å². The van der Waals surface area contributed by atoms with E-state index in [0.29, 0.717) is 5.92 Å². The van der Waals surface area contributed by atoms with E-state index in [0.717, 1.165) is 69.2 Å². The molecule has 0 amide bonds. The van der Waals surface area contributed by atoms with Crippen LogP contribution in [-0.2, 0) is 17.7 Å². The van der Waals surface area contributed by atoms with Gasteiger partial charge in [0.1, 0.15) is 6.10 Å². The minimum atomic E-state index is 0.0507. The van der Waals surface area contributed by atoms with Crippen LogP contribution in [0.25, 0.3) is 0 Å². The molecule has 0 aliphatic carbocycles. The Balaban J connectivity index is 1.50. The van der Waals surface area contributed by atoms with Gasteiger partial charge in [0.05, 0.1) is 12.0 Å². The third-order valence-corrected chi connectivity index (χ3v) is 5.58. The first kappa shape index (κ1) is 16.6. The molecule has 2 atom stereocenters. The Hall–Kier alpha value is -1.82. The standard InChI is InChI=1S/C19H28N4O2/c1-14-5-4-8-23(11-14)19-20-17-13-22(9-7-16(17)18(24)21-19)12-15-6-2-3-10-25-15/h3,10,14-15H,2,4-9,11-13H2,1H3,(H,20,21,24)/t14-,15+/m1/s1. The van der Waals surface area contributed by atoms with Gasteiger partial charge < -0.3 is 9.64 Å². The van der Waals surface area contributed by atoms with Crippen molar-refractivity contribution >= 4 is 5.95 Å². The Morgan fingerprint density at radius 1 is 1.36 bits per heavy atom. The van der Waals surface area contributed by atoms with Gasteiger partial charge in [-0.2, -0.15) is 0 Å². The van der Waals surface area contributed by atoms with E-state index in [9.17, 15) is 4.79 Å². The number of nitrogens with zero attached hydrogens (tertiary/aromatic N) is 3.